The minimum Gasteiger partial charge on any atom is -0.504 e. The van der Waals surface area contributed by atoms with Gasteiger partial charge in [-0.2, -0.15) is 0 Å². The fourth-order valence-corrected chi connectivity index (χ4v) is 3.80. The second-order valence-electron chi connectivity index (χ2n) is 8.46. The zero-order valence-corrected chi connectivity index (χ0v) is 18.9. The number of aliphatic hydroxyl groups excluding tert-OH is 1. The van der Waals surface area contributed by atoms with E-state index < -0.39 is 23.1 Å². The number of benzene rings is 2. The van der Waals surface area contributed by atoms with Gasteiger partial charge in [-0.1, -0.05) is 44.5 Å². The van der Waals surface area contributed by atoms with Gasteiger partial charge in [-0.3, -0.25) is 14.5 Å². The fourth-order valence-electron chi connectivity index (χ4n) is 3.63. The molecule has 0 fully saturated rings. The van der Waals surface area contributed by atoms with E-state index in [2.05, 4.69) is 0 Å². The van der Waals surface area contributed by atoms with Crippen LogP contribution in [0.4, 0.5) is 5.69 Å². The van der Waals surface area contributed by atoms with E-state index >= 15 is 0 Å². The summed E-state index contributed by atoms with van der Waals surface area (Å²) >= 11 is 6.29. The molecule has 0 aliphatic carbocycles. The molecule has 31 heavy (non-hydrogen) atoms. The number of nitrogens with zero attached hydrogens (tertiary/aromatic N) is 1. The van der Waals surface area contributed by atoms with Crippen LogP contribution in [0.3, 0.4) is 0 Å². The molecule has 1 atom stereocenters. The van der Waals surface area contributed by atoms with Gasteiger partial charge in [0.05, 0.1) is 18.2 Å². The van der Waals surface area contributed by atoms with Crippen molar-refractivity contribution in [2.45, 2.75) is 40.7 Å². The van der Waals surface area contributed by atoms with Crippen molar-refractivity contribution in [2.24, 2.45) is 5.41 Å². The van der Waals surface area contributed by atoms with Gasteiger partial charge in [0.15, 0.2) is 23.0 Å². The second kappa shape index (κ2) is 8.27. The molecule has 1 aliphatic heterocycles. The van der Waals surface area contributed by atoms with Gasteiger partial charge in [0.1, 0.15) is 0 Å². The summed E-state index contributed by atoms with van der Waals surface area (Å²) in [5.41, 5.74) is 0.817. The summed E-state index contributed by atoms with van der Waals surface area (Å²) in [5.74, 6) is -1.46. The molecule has 1 amide bonds. The number of halogens is 1. The van der Waals surface area contributed by atoms with Gasteiger partial charge in [-0.25, -0.2) is 0 Å². The number of aliphatic hydroxyl groups is 1. The lowest BCUT2D eigenvalue weighted by Crippen LogP contribution is -2.33. The molecule has 1 aliphatic rings. The van der Waals surface area contributed by atoms with Crippen LogP contribution in [0.5, 0.6) is 11.5 Å². The first-order valence-electron chi connectivity index (χ1n) is 10.0. The highest BCUT2D eigenvalue weighted by atomic mass is 35.5. The molecule has 0 spiro atoms. The van der Waals surface area contributed by atoms with E-state index in [0.717, 1.165) is 0 Å². The van der Waals surface area contributed by atoms with E-state index in [1.807, 2.05) is 0 Å². The Morgan fingerprint density at radius 2 is 1.87 bits per heavy atom. The number of hydrogen-bond donors (Lipinski definition) is 2. The molecule has 7 heteroatoms. The first kappa shape index (κ1) is 22.7. The number of amides is 1. The lowest BCUT2D eigenvalue weighted by Gasteiger charge is -2.30. The summed E-state index contributed by atoms with van der Waals surface area (Å²) in [6.07, 6.45) is 0. The summed E-state index contributed by atoms with van der Waals surface area (Å²) in [6.45, 7) is 9.07. The van der Waals surface area contributed by atoms with Crippen molar-refractivity contribution in [2.75, 3.05) is 11.5 Å². The topological polar surface area (TPSA) is 87.1 Å². The molecule has 0 radical (unpaired) electrons. The fraction of sp³-hybridized carbons (Fsp3) is 0.333. The van der Waals surface area contributed by atoms with Crippen LogP contribution < -0.4 is 9.64 Å². The van der Waals surface area contributed by atoms with E-state index in [4.69, 9.17) is 16.3 Å². The highest BCUT2D eigenvalue weighted by Crippen LogP contribution is 2.46. The normalized spacial score (nSPS) is 16.8. The molecule has 0 saturated heterocycles. The maximum atomic E-state index is 13.3. The van der Waals surface area contributed by atoms with Gasteiger partial charge in [0.25, 0.3) is 5.91 Å². The minimum atomic E-state index is -0.906. The van der Waals surface area contributed by atoms with Crippen LogP contribution in [0.2, 0.25) is 5.02 Å². The Morgan fingerprint density at radius 3 is 2.48 bits per heavy atom. The Morgan fingerprint density at radius 1 is 1.19 bits per heavy atom. The van der Waals surface area contributed by atoms with E-state index in [1.165, 1.54) is 11.0 Å². The van der Waals surface area contributed by atoms with Gasteiger partial charge >= 0.3 is 0 Å². The van der Waals surface area contributed by atoms with Crippen molar-refractivity contribution >= 4 is 29.0 Å². The molecule has 2 aromatic rings. The molecule has 164 valence electrons. The number of phenolic OH excluding ortho intramolecular Hbond substituents is 1. The third kappa shape index (κ3) is 4.00. The SMILES string of the molecule is CCOc1cc(C2C(C(=O)C(C)(C)C)=C(O)C(=O)N2c2cccc(Cl)c2C)ccc1O. The Kier molecular flexibility index (Phi) is 6.05. The monoisotopic (exact) mass is 443 g/mol. The second-order valence-corrected chi connectivity index (χ2v) is 8.87. The molecule has 0 saturated carbocycles. The summed E-state index contributed by atoms with van der Waals surface area (Å²) in [6, 6.07) is 8.86. The number of Topliss-reactive ketones (excluding diaryl/α,β-unsaturated/α-hetero) is 1. The van der Waals surface area contributed by atoms with Crippen molar-refractivity contribution in [3.63, 3.8) is 0 Å². The van der Waals surface area contributed by atoms with Crippen LogP contribution in [0.15, 0.2) is 47.7 Å². The molecule has 1 unspecified atom stereocenters. The number of aromatic hydroxyl groups is 1. The number of ether oxygens (including phenoxy) is 1. The number of ketones is 1. The molecule has 2 N–H and O–H groups in total. The first-order chi connectivity index (χ1) is 14.5. The number of rotatable bonds is 5. The maximum absolute atomic E-state index is 13.3. The van der Waals surface area contributed by atoms with Crippen molar-refractivity contribution in [1.82, 2.24) is 0 Å². The molecular formula is C24H26ClNO5. The molecule has 2 aromatic carbocycles. The van der Waals surface area contributed by atoms with Crippen molar-refractivity contribution in [1.29, 1.82) is 0 Å². The van der Waals surface area contributed by atoms with Crippen molar-refractivity contribution in [3.8, 4) is 11.5 Å². The summed E-state index contributed by atoms with van der Waals surface area (Å²) in [4.78, 5) is 27.9. The predicted octanol–water partition coefficient (Wildman–Crippen LogP) is 5.27. The number of hydrogen-bond acceptors (Lipinski definition) is 5. The molecule has 3 rings (SSSR count). The van der Waals surface area contributed by atoms with E-state index in [1.54, 1.807) is 65.0 Å². The Hall–Kier alpha value is -2.99. The summed E-state index contributed by atoms with van der Waals surface area (Å²) < 4.78 is 5.50. The first-order valence-corrected chi connectivity index (χ1v) is 10.4. The minimum absolute atomic E-state index is 0.00464. The zero-order chi connectivity index (χ0) is 23.1. The quantitative estimate of drug-likeness (QED) is 0.657. The summed E-state index contributed by atoms with van der Waals surface area (Å²) in [7, 11) is 0. The van der Waals surface area contributed by atoms with E-state index in [0.29, 0.717) is 28.4 Å². The zero-order valence-electron chi connectivity index (χ0n) is 18.2. The predicted molar refractivity (Wildman–Crippen MR) is 120 cm³/mol. The van der Waals surface area contributed by atoms with Crippen LogP contribution >= 0.6 is 11.6 Å². The van der Waals surface area contributed by atoms with Crippen molar-refractivity contribution in [3.05, 3.63) is 63.9 Å². The van der Waals surface area contributed by atoms with Crippen LogP contribution in [0.25, 0.3) is 0 Å². The van der Waals surface area contributed by atoms with Gasteiger partial charge in [-0.15, -0.1) is 0 Å². The van der Waals surface area contributed by atoms with Gasteiger partial charge in [-0.05, 0) is 49.2 Å². The van der Waals surface area contributed by atoms with Crippen LogP contribution in [-0.2, 0) is 9.59 Å². The van der Waals surface area contributed by atoms with E-state index in [-0.39, 0.29) is 22.9 Å². The van der Waals surface area contributed by atoms with Crippen LogP contribution in [0.1, 0.15) is 44.9 Å². The molecule has 6 nitrogen and oxygen atoms in total. The molecule has 0 aromatic heterocycles. The lowest BCUT2D eigenvalue weighted by atomic mass is 9.82. The van der Waals surface area contributed by atoms with Gasteiger partial charge in [0, 0.05) is 16.1 Å². The maximum Gasteiger partial charge on any atom is 0.294 e. The average molecular weight is 444 g/mol. The van der Waals surface area contributed by atoms with Gasteiger partial charge in [0.2, 0.25) is 0 Å². The Labute approximate surface area is 186 Å². The molecule has 0 bridgehead atoms. The van der Waals surface area contributed by atoms with E-state index in [9.17, 15) is 19.8 Å². The van der Waals surface area contributed by atoms with Crippen molar-refractivity contribution < 1.29 is 24.5 Å². The average Bonchev–Trinajstić information content (AvgIpc) is 2.95. The standard InChI is InChI=1S/C24H26ClNO5/c1-6-31-18-12-14(10-11-17(18)27)20-19(22(29)24(3,4)5)21(28)23(30)26(20)16-9-7-8-15(25)13(16)2/h7-12,20,27-28H,6H2,1-5H3. The number of carbonyl (C=O) groups is 2. The number of phenols is 1. The highest BCUT2D eigenvalue weighted by molar-refractivity contribution is 6.32. The largest absolute Gasteiger partial charge is 0.504 e. The molecular weight excluding hydrogens is 418 g/mol. The lowest BCUT2D eigenvalue weighted by molar-refractivity contribution is -0.123. The third-order valence-corrected chi connectivity index (χ3v) is 5.64. The number of carbonyl (C=O) groups excluding carboxylic acids is 2. The summed E-state index contributed by atoms with van der Waals surface area (Å²) in [5, 5.41) is 21.4. The number of anilines is 1. The Balaban J connectivity index is 2.28. The highest BCUT2D eigenvalue weighted by Gasteiger charge is 2.47. The smallest absolute Gasteiger partial charge is 0.294 e. The van der Waals surface area contributed by atoms with Crippen LogP contribution in [-0.4, -0.2) is 28.5 Å². The Bertz CT molecular complexity index is 1080. The van der Waals surface area contributed by atoms with Crippen LogP contribution in [0, 0.1) is 12.3 Å². The molecule has 1 heterocycles. The van der Waals surface area contributed by atoms with Gasteiger partial charge < -0.3 is 14.9 Å². The third-order valence-electron chi connectivity index (χ3n) is 5.23.